The summed E-state index contributed by atoms with van der Waals surface area (Å²) in [5.41, 5.74) is -0.152. The molecule has 1 aromatic carbocycles. The molecule has 0 radical (unpaired) electrons. The van der Waals surface area contributed by atoms with Crippen molar-refractivity contribution in [2.75, 3.05) is 5.88 Å². The first-order chi connectivity index (χ1) is 7.15. The number of nitrogens with zero attached hydrogens (tertiary/aromatic N) is 1. The third-order valence-corrected chi connectivity index (χ3v) is 1.78. The second-order valence-corrected chi connectivity index (χ2v) is 3.04. The van der Waals surface area contributed by atoms with Gasteiger partial charge in [0.2, 0.25) is 5.82 Å². The summed E-state index contributed by atoms with van der Waals surface area (Å²) >= 11 is 5.40. The first kappa shape index (κ1) is 11.5. The number of halogens is 2. The van der Waals surface area contributed by atoms with Crippen molar-refractivity contribution in [1.82, 2.24) is 0 Å². The van der Waals surface area contributed by atoms with Crippen LogP contribution < -0.4 is 0 Å². The van der Waals surface area contributed by atoms with Gasteiger partial charge in [-0.15, -0.1) is 11.6 Å². The van der Waals surface area contributed by atoms with Crippen molar-refractivity contribution in [3.05, 3.63) is 39.7 Å². The van der Waals surface area contributed by atoms with E-state index in [0.29, 0.717) is 17.9 Å². The van der Waals surface area contributed by atoms with Gasteiger partial charge in [-0.25, -0.2) is 0 Å². The summed E-state index contributed by atoms with van der Waals surface area (Å²) in [6.45, 7) is 0. The highest BCUT2D eigenvalue weighted by Crippen LogP contribution is 2.17. The monoisotopic (exact) mass is 227 g/mol. The third-order valence-electron chi connectivity index (χ3n) is 1.60. The fourth-order valence-corrected chi connectivity index (χ4v) is 1.04. The lowest BCUT2D eigenvalue weighted by Crippen LogP contribution is -1.92. The first-order valence-electron chi connectivity index (χ1n) is 4.14. The van der Waals surface area contributed by atoms with Gasteiger partial charge in [-0.1, -0.05) is 11.8 Å². The third kappa shape index (κ3) is 3.22. The first-order valence-corrected chi connectivity index (χ1v) is 4.67. The quantitative estimate of drug-likeness (QED) is 0.337. The molecule has 3 nitrogen and oxygen atoms in total. The fourth-order valence-electron chi connectivity index (χ4n) is 0.942. The Balaban J connectivity index is 2.99. The van der Waals surface area contributed by atoms with Crippen LogP contribution in [0.5, 0.6) is 0 Å². The number of hydrogen-bond acceptors (Lipinski definition) is 2. The van der Waals surface area contributed by atoms with Crippen LogP contribution in [0.15, 0.2) is 18.2 Å². The maximum absolute atomic E-state index is 12.9. The molecule has 0 aliphatic rings. The van der Waals surface area contributed by atoms with E-state index in [1.165, 1.54) is 6.07 Å². The van der Waals surface area contributed by atoms with E-state index in [1.807, 2.05) is 0 Å². The van der Waals surface area contributed by atoms with Gasteiger partial charge in [0.1, 0.15) is 0 Å². The Hall–Kier alpha value is -1.60. The zero-order valence-electron chi connectivity index (χ0n) is 7.67. The smallest absolute Gasteiger partial charge is 0.258 e. The van der Waals surface area contributed by atoms with Crippen LogP contribution in [0.25, 0.3) is 0 Å². The van der Waals surface area contributed by atoms with Crippen LogP contribution in [0.2, 0.25) is 0 Å². The molecule has 0 spiro atoms. The van der Waals surface area contributed by atoms with E-state index in [9.17, 15) is 14.5 Å². The van der Waals surface area contributed by atoms with E-state index in [1.54, 1.807) is 0 Å². The molecule has 0 bridgehead atoms. The van der Waals surface area contributed by atoms with Gasteiger partial charge in [-0.05, 0) is 12.1 Å². The van der Waals surface area contributed by atoms with Crippen LogP contribution in [0.3, 0.4) is 0 Å². The maximum atomic E-state index is 12.9. The Morgan fingerprint density at radius 2 is 2.27 bits per heavy atom. The van der Waals surface area contributed by atoms with Gasteiger partial charge in [0.05, 0.1) is 4.92 Å². The van der Waals surface area contributed by atoms with Crippen LogP contribution in [0.1, 0.15) is 12.0 Å². The summed E-state index contributed by atoms with van der Waals surface area (Å²) in [5, 5.41) is 10.4. The fraction of sp³-hybridized carbons (Fsp3) is 0.200. The number of hydrogen-bond donors (Lipinski definition) is 0. The van der Waals surface area contributed by atoms with Crippen LogP contribution in [-0.4, -0.2) is 10.8 Å². The molecular formula is C10H7ClFNO2. The van der Waals surface area contributed by atoms with Crippen molar-refractivity contribution in [3.8, 4) is 11.8 Å². The second kappa shape index (κ2) is 5.32. The molecule has 0 aliphatic carbocycles. The lowest BCUT2D eigenvalue weighted by atomic mass is 10.2. The summed E-state index contributed by atoms with van der Waals surface area (Å²) in [7, 11) is 0. The highest BCUT2D eigenvalue weighted by molar-refractivity contribution is 6.18. The molecule has 1 rings (SSSR count). The Morgan fingerprint density at radius 3 is 2.87 bits per heavy atom. The molecule has 0 amide bonds. The van der Waals surface area contributed by atoms with Crippen molar-refractivity contribution in [3.63, 3.8) is 0 Å². The van der Waals surface area contributed by atoms with Gasteiger partial charge >= 0.3 is 5.69 Å². The summed E-state index contributed by atoms with van der Waals surface area (Å²) in [5.74, 6) is 4.91. The van der Waals surface area contributed by atoms with Crippen molar-refractivity contribution >= 4 is 17.3 Å². The lowest BCUT2D eigenvalue weighted by molar-refractivity contribution is -0.387. The maximum Gasteiger partial charge on any atom is 0.306 e. The number of rotatable bonds is 2. The molecule has 0 heterocycles. The van der Waals surface area contributed by atoms with E-state index in [0.717, 1.165) is 12.1 Å². The van der Waals surface area contributed by atoms with Gasteiger partial charge in [0.15, 0.2) is 0 Å². The minimum atomic E-state index is -0.858. The minimum absolute atomic E-state index is 0.399. The van der Waals surface area contributed by atoms with Gasteiger partial charge in [-0.3, -0.25) is 10.1 Å². The number of alkyl halides is 1. The Morgan fingerprint density at radius 1 is 1.53 bits per heavy atom. The molecule has 0 fully saturated rings. The van der Waals surface area contributed by atoms with E-state index in [-0.39, 0.29) is 0 Å². The number of nitro benzene ring substituents is 1. The molecule has 15 heavy (non-hydrogen) atoms. The standard InChI is InChI=1S/C10H7ClFNO2/c11-6-2-1-3-8-4-5-9(12)10(7-8)13(14)15/h4-5,7H,2,6H2. The normalized spacial score (nSPS) is 9.20. The zero-order chi connectivity index (χ0) is 11.3. The molecule has 5 heteroatoms. The molecule has 0 saturated carbocycles. The highest BCUT2D eigenvalue weighted by Gasteiger charge is 2.13. The average Bonchev–Trinajstić information content (AvgIpc) is 2.20. The summed E-state index contributed by atoms with van der Waals surface area (Å²) in [4.78, 5) is 9.62. The number of benzene rings is 1. The minimum Gasteiger partial charge on any atom is -0.258 e. The zero-order valence-corrected chi connectivity index (χ0v) is 8.42. The van der Waals surface area contributed by atoms with Crippen molar-refractivity contribution < 1.29 is 9.31 Å². The van der Waals surface area contributed by atoms with Crippen LogP contribution >= 0.6 is 11.6 Å². The van der Waals surface area contributed by atoms with Gasteiger partial charge in [-0.2, -0.15) is 4.39 Å². The van der Waals surface area contributed by atoms with Crippen molar-refractivity contribution in [1.29, 1.82) is 0 Å². The van der Waals surface area contributed by atoms with E-state index in [2.05, 4.69) is 11.8 Å². The van der Waals surface area contributed by atoms with Crippen LogP contribution in [0, 0.1) is 27.8 Å². The largest absolute Gasteiger partial charge is 0.306 e. The molecule has 0 saturated heterocycles. The lowest BCUT2D eigenvalue weighted by Gasteiger charge is -1.94. The molecular weight excluding hydrogens is 221 g/mol. The van der Waals surface area contributed by atoms with Crippen molar-refractivity contribution in [2.24, 2.45) is 0 Å². The Kier molecular flexibility index (Phi) is 4.07. The molecule has 0 N–H and O–H groups in total. The Labute approximate surface area is 91.0 Å². The molecule has 0 atom stereocenters. The van der Waals surface area contributed by atoms with Gasteiger partial charge < -0.3 is 0 Å². The summed E-state index contributed by atoms with van der Waals surface area (Å²) in [6, 6.07) is 3.53. The van der Waals surface area contributed by atoms with Crippen LogP contribution in [-0.2, 0) is 0 Å². The summed E-state index contributed by atoms with van der Waals surface area (Å²) < 4.78 is 12.9. The van der Waals surface area contributed by atoms with Crippen molar-refractivity contribution in [2.45, 2.75) is 6.42 Å². The highest BCUT2D eigenvalue weighted by atomic mass is 35.5. The molecule has 0 aromatic heterocycles. The SMILES string of the molecule is O=[N+]([O-])c1cc(C#CCCCl)ccc1F. The van der Waals surface area contributed by atoms with Gasteiger partial charge in [0.25, 0.3) is 0 Å². The van der Waals surface area contributed by atoms with E-state index >= 15 is 0 Å². The van der Waals surface area contributed by atoms with E-state index < -0.39 is 16.4 Å². The van der Waals surface area contributed by atoms with E-state index in [4.69, 9.17) is 11.6 Å². The summed E-state index contributed by atoms with van der Waals surface area (Å²) in [6.07, 6.45) is 0.493. The van der Waals surface area contributed by atoms with Gasteiger partial charge in [0, 0.05) is 23.9 Å². The topological polar surface area (TPSA) is 43.1 Å². The molecule has 1 aromatic rings. The second-order valence-electron chi connectivity index (χ2n) is 2.66. The predicted octanol–water partition coefficient (Wildman–Crippen LogP) is 2.71. The molecule has 0 aliphatic heterocycles. The predicted molar refractivity (Wildman–Crippen MR) is 55.3 cm³/mol. The van der Waals surface area contributed by atoms with Crippen LogP contribution in [0.4, 0.5) is 10.1 Å². The molecule has 78 valence electrons. The molecule has 0 unspecified atom stereocenters. The average molecular weight is 228 g/mol. The number of nitro groups is 1. The Bertz CT molecular complexity index is 437.